The molecule has 0 aromatic heterocycles. The number of likely N-dealkylation sites (tertiary alicyclic amines) is 1. The molecule has 0 aliphatic carbocycles. The van der Waals surface area contributed by atoms with E-state index in [4.69, 9.17) is 16.3 Å². The van der Waals surface area contributed by atoms with E-state index in [1.165, 1.54) is 0 Å². The van der Waals surface area contributed by atoms with Crippen LogP contribution in [-0.2, 0) is 4.74 Å². The summed E-state index contributed by atoms with van der Waals surface area (Å²) in [5, 5.41) is 0.486. The van der Waals surface area contributed by atoms with Crippen molar-refractivity contribution >= 4 is 33.4 Å². The van der Waals surface area contributed by atoms with Gasteiger partial charge in [0, 0.05) is 24.2 Å². The number of carbonyl (C=O) groups excluding carboxylic acids is 1. The summed E-state index contributed by atoms with van der Waals surface area (Å²) in [5.41, 5.74) is 0.561. The summed E-state index contributed by atoms with van der Waals surface area (Å²) in [5.74, 6) is 0.00116. The zero-order chi connectivity index (χ0) is 13.8. The number of rotatable bonds is 3. The first kappa shape index (κ1) is 14.8. The lowest BCUT2D eigenvalue weighted by molar-refractivity contribution is 0.0146. The van der Waals surface area contributed by atoms with Crippen molar-refractivity contribution in [3.8, 4) is 0 Å². The summed E-state index contributed by atoms with van der Waals surface area (Å²) in [7, 11) is 0. The van der Waals surface area contributed by atoms with Crippen molar-refractivity contribution in [1.82, 2.24) is 4.90 Å². The number of piperidine rings is 1. The van der Waals surface area contributed by atoms with Crippen molar-refractivity contribution in [2.45, 2.75) is 25.9 Å². The smallest absolute Gasteiger partial charge is 0.255 e. The quantitative estimate of drug-likeness (QED) is 0.834. The Morgan fingerprint density at radius 2 is 2.16 bits per heavy atom. The normalized spacial score (nSPS) is 16.7. The SMILES string of the molecule is CCOC1CCN(C(=O)c2cccc(Br)c2Cl)CC1. The highest BCUT2D eigenvalue weighted by atomic mass is 79.9. The molecule has 1 aromatic carbocycles. The van der Waals surface area contributed by atoms with E-state index in [1.54, 1.807) is 6.07 Å². The fourth-order valence-corrected chi connectivity index (χ4v) is 2.87. The molecule has 1 aromatic rings. The van der Waals surface area contributed by atoms with Gasteiger partial charge in [-0.05, 0) is 47.8 Å². The van der Waals surface area contributed by atoms with Gasteiger partial charge in [-0.2, -0.15) is 0 Å². The maximum Gasteiger partial charge on any atom is 0.255 e. The second kappa shape index (κ2) is 6.73. The molecule has 1 heterocycles. The van der Waals surface area contributed by atoms with Gasteiger partial charge in [-0.3, -0.25) is 4.79 Å². The summed E-state index contributed by atoms with van der Waals surface area (Å²) in [6.45, 7) is 4.19. The van der Waals surface area contributed by atoms with Crippen molar-refractivity contribution in [3.63, 3.8) is 0 Å². The molecular weight excluding hydrogens is 330 g/mol. The van der Waals surface area contributed by atoms with Crippen molar-refractivity contribution in [1.29, 1.82) is 0 Å². The Morgan fingerprint density at radius 1 is 1.47 bits per heavy atom. The summed E-state index contributed by atoms with van der Waals surface area (Å²) in [6.07, 6.45) is 2.07. The van der Waals surface area contributed by atoms with Gasteiger partial charge in [-0.1, -0.05) is 17.7 Å². The van der Waals surface area contributed by atoms with E-state index in [9.17, 15) is 4.79 Å². The standard InChI is InChI=1S/C14H17BrClNO2/c1-2-19-10-6-8-17(9-7-10)14(18)11-4-3-5-12(15)13(11)16/h3-5,10H,2,6-9H2,1H3. The van der Waals surface area contributed by atoms with Gasteiger partial charge in [0.2, 0.25) is 0 Å². The van der Waals surface area contributed by atoms with Gasteiger partial charge in [-0.25, -0.2) is 0 Å². The fraction of sp³-hybridized carbons (Fsp3) is 0.500. The molecule has 1 amide bonds. The molecule has 19 heavy (non-hydrogen) atoms. The van der Waals surface area contributed by atoms with E-state index in [2.05, 4.69) is 15.9 Å². The monoisotopic (exact) mass is 345 g/mol. The highest BCUT2D eigenvalue weighted by Crippen LogP contribution is 2.27. The van der Waals surface area contributed by atoms with Gasteiger partial charge < -0.3 is 9.64 Å². The van der Waals surface area contributed by atoms with Gasteiger partial charge >= 0.3 is 0 Å². The van der Waals surface area contributed by atoms with E-state index >= 15 is 0 Å². The van der Waals surface area contributed by atoms with Crippen LogP contribution in [0.2, 0.25) is 5.02 Å². The van der Waals surface area contributed by atoms with Crippen molar-refractivity contribution in [2.24, 2.45) is 0 Å². The summed E-state index contributed by atoms with van der Waals surface area (Å²) in [4.78, 5) is 14.3. The lowest BCUT2D eigenvalue weighted by Gasteiger charge is -2.32. The molecule has 0 N–H and O–H groups in total. The largest absolute Gasteiger partial charge is 0.378 e. The minimum Gasteiger partial charge on any atom is -0.378 e. The second-order valence-electron chi connectivity index (χ2n) is 4.55. The Labute approximate surface area is 127 Å². The zero-order valence-corrected chi connectivity index (χ0v) is 13.2. The fourth-order valence-electron chi connectivity index (χ4n) is 2.30. The first-order valence-corrected chi connectivity index (χ1v) is 7.65. The van der Waals surface area contributed by atoms with Crippen LogP contribution >= 0.6 is 27.5 Å². The number of hydrogen-bond acceptors (Lipinski definition) is 2. The Morgan fingerprint density at radius 3 is 2.79 bits per heavy atom. The van der Waals surface area contributed by atoms with Crippen molar-refractivity contribution in [3.05, 3.63) is 33.3 Å². The maximum absolute atomic E-state index is 12.4. The molecular formula is C14H17BrClNO2. The molecule has 3 nitrogen and oxygen atoms in total. The van der Waals surface area contributed by atoms with E-state index in [-0.39, 0.29) is 12.0 Å². The maximum atomic E-state index is 12.4. The Kier molecular flexibility index (Phi) is 5.25. The van der Waals surface area contributed by atoms with Crippen molar-refractivity contribution in [2.75, 3.05) is 19.7 Å². The first-order chi connectivity index (χ1) is 9.13. The number of hydrogen-bond donors (Lipinski definition) is 0. The molecule has 1 aliphatic rings. The van der Waals surface area contributed by atoms with Crippen LogP contribution in [0, 0.1) is 0 Å². The predicted octanol–water partition coefficient (Wildman–Crippen LogP) is 3.74. The zero-order valence-electron chi connectivity index (χ0n) is 10.9. The van der Waals surface area contributed by atoms with Gasteiger partial charge in [0.15, 0.2) is 0 Å². The molecule has 0 saturated carbocycles. The second-order valence-corrected chi connectivity index (χ2v) is 5.78. The Bertz CT molecular complexity index is 459. The number of amides is 1. The van der Waals surface area contributed by atoms with Crippen LogP contribution in [0.3, 0.4) is 0 Å². The molecule has 1 fully saturated rings. The summed E-state index contributed by atoms with van der Waals surface area (Å²) >= 11 is 9.51. The number of ether oxygens (including phenoxy) is 1. The third kappa shape index (κ3) is 3.50. The molecule has 1 aliphatic heterocycles. The Hall–Kier alpha value is -0.580. The summed E-state index contributed by atoms with van der Waals surface area (Å²) in [6, 6.07) is 5.43. The molecule has 0 unspecified atom stereocenters. The van der Waals surface area contributed by atoms with Crippen LogP contribution < -0.4 is 0 Å². The topological polar surface area (TPSA) is 29.5 Å². The third-order valence-electron chi connectivity index (χ3n) is 3.31. The van der Waals surface area contributed by atoms with Crippen LogP contribution in [-0.4, -0.2) is 36.6 Å². The summed E-state index contributed by atoms with van der Waals surface area (Å²) < 4.78 is 6.34. The molecule has 1 saturated heterocycles. The highest BCUT2D eigenvalue weighted by Gasteiger charge is 2.25. The molecule has 0 radical (unpaired) electrons. The molecule has 104 valence electrons. The van der Waals surface area contributed by atoms with Crippen LogP contribution in [0.4, 0.5) is 0 Å². The van der Waals surface area contributed by atoms with Gasteiger partial charge in [-0.15, -0.1) is 0 Å². The van der Waals surface area contributed by atoms with E-state index < -0.39 is 0 Å². The van der Waals surface area contributed by atoms with Crippen LogP contribution in [0.25, 0.3) is 0 Å². The minimum atomic E-state index is 0.00116. The third-order valence-corrected chi connectivity index (χ3v) is 4.61. The van der Waals surface area contributed by atoms with E-state index in [0.717, 1.165) is 37.0 Å². The van der Waals surface area contributed by atoms with Crippen LogP contribution in [0.5, 0.6) is 0 Å². The molecule has 5 heteroatoms. The van der Waals surface area contributed by atoms with E-state index in [1.807, 2.05) is 24.0 Å². The van der Waals surface area contributed by atoms with Crippen LogP contribution in [0.15, 0.2) is 22.7 Å². The molecule has 2 rings (SSSR count). The first-order valence-electron chi connectivity index (χ1n) is 6.48. The number of halogens is 2. The highest BCUT2D eigenvalue weighted by molar-refractivity contribution is 9.10. The van der Waals surface area contributed by atoms with Gasteiger partial charge in [0.25, 0.3) is 5.91 Å². The minimum absolute atomic E-state index is 0.00116. The lowest BCUT2D eigenvalue weighted by atomic mass is 10.1. The number of benzene rings is 1. The molecule has 0 atom stereocenters. The van der Waals surface area contributed by atoms with Gasteiger partial charge in [0.05, 0.1) is 16.7 Å². The molecule has 0 spiro atoms. The average Bonchev–Trinajstić information content (AvgIpc) is 2.42. The number of carbonyl (C=O) groups is 1. The predicted molar refractivity (Wildman–Crippen MR) is 79.7 cm³/mol. The van der Waals surface area contributed by atoms with Crippen LogP contribution in [0.1, 0.15) is 30.1 Å². The van der Waals surface area contributed by atoms with Gasteiger partial charge in [0.1, 0.15) is 0 Å². The lowest BCUT2D eigenvalue weighted by Crippen LogP contribution is -2.41. The van der Waals surface area contributed by atoms with Crippen molar-refractivity contribution < 1.29 is 9.53 Å². The average molecular weight is 347 g/mol. The Balaban J connectivity index is 2.03. The molecule has 0 bridgehead atoms. The number of nitrogens with zero attached hydrogens (tertiary/aromatic N) is 1. The van der Waals surface area contributed by atoms with E-state index in [0.29, 0.717) is 10.6 Å².